The highest BCUT2D eigenvalue weighted by atomic mass is 32.2. The number of carbonyl (C=O) groups excluding carboxylic acids is 1. The molecule has 0 saturated heterocycles. The summed E-state index contributed by atoms with van der Waals surface area (Å²) in [7, 11) is 0. The molecule has 4 rings (SSSR count). The summed E-state index contributed by atoms with van der Waals surface area (Å²) < 4.78 is 7.34. The predicted octanol–water partition coefficient (Wildman–Crippen LogP) is 4.03. The lowest BCUT2D eigenvalue weighted by molar-refractivity contribution is -0.113. The van der Waals surface area contributed by atoms with Crippen LogP contribution < -0.4 is 10.5 Å². The van der Waals surface area contributed by atoms with Crippen LogP contribution in [0.15, 0.2) is 83.3 Å². The molecule has 1 aromatic heterocycles. The zero-order chi connectivity index (χ0) is 20.2. The fourth-order valence-corrected chi connectivity index (χ4v) is 3.53. The molecule has 144 valence electrons. The number of hydrogen-bond acceptors (Lipinski definition) is 5. The Balaban J connectivity index is 1.75. The minimum Gasteiger partial charge on any atom is -0.490 e. The Morgan fingerprint density at radius 1 is 1.14 bits per heavy atom. The second-order valence-corrected chi connectivity index (χ2v) is 7.27. The zero-order valence-corrected chi connectivity index (χ0v) is 16.3. The van der Waals surface area contributed by atoms with E-state index in [1.54, 1.807) is 16.8 Å². The highest BCUT2D eigenvalue weighted by Crippen LogP contribution is 2.31. The van der Waals surface area contributed by atoms with Crippen molar-refractivity contribution in [1.82, 2.24) is 9.78 Å². The minimum atomic E-state index is -0.334. The molecule has 6 nitrogen and oxygen atoms in total. The van der Waals surface area contributed by atoms with Gasteiger partial charge >= 0.3 is 0 Å². The van der Waals surface area contributed by atoms with Crippen LogP contribution in [0, 0.1) is 0 Å². The lowest BCUT2D eigenvalue weighted by Crippen LogP contribution is -2.01. The first-order valence-electron chi connectivity index (χ1n) is 8.91. The molecule has 7 heteroatoms. The Bertz CT molecular complexity index is 1120. The molecule has 0 radical (unpaired) electrons. The number of aromatic nitrogens is 2. The maximum Gasteiger partial charge on any atom is 0.286 e. The first kappa shape index (κ1) is 18.8. The van der Waals surface area contributed by atoms with E-state index in [0.717, 1.165) is 40.0 Å². The van der Waals surface area contributed by atoms with E-state index in [1.807, 2.05) is 60.8 Å². The molecule has 3 aromatic rings. The van der Waals surface area contributed by atoms with Crippen LogP contribution in [0.4, 0.5) is 0 Å². The minimum absolute atomic E-state index is 0.252. The number of amidine groups is 1. The second-order valence-electron chi connectivity index (χ2n) is 6.20. The van der Waals surface area contributed by atoms with Gasteiger partial charge in [0.15, 0.2) is 5.17 Å². The van der Waals surface area contributed by atoms with E-state index in [9.17, 15) is 4.79 Å². The van der Waals surface area contributed by atoms with Gasteiger partial charge in [-0.15, -0.1) is 0 Å². The molecule has 1 amide bonds. The smallest absolute Gasteiger partial charge is 0.286 e. The zero-order valence-electron chi connectivity index (χ0n) is 15.5. The van der Waals surface area contributed by atoms with Crippen LogP contribution in [0.1, 0.15) is 5.56 Å². The van der Waals surface area contributed by atoms with Gasteiger partial charge in [0.2, 0.25) is 0 Å². The largest absolute Gasteiger partial charge is 0.490 e. The van der Waals surface area contributed by atoms with Crippen molar-refractivity contribution in [2.75, 3.05) is 6.61 Å². The fraction of sp³-hybridized carbons (Fsp3) is 0.0455. The SMILES string of the molecule is C=CCOc1ccc(-c2nn(-c3ccccc3)cc2/C=C2\SC(N)=NC2=O)cc1. The van der Waals surface area contributed by atoms with Crippen LogP contribution in [-0.2, 0) is 4.79 Å². The molecule has 0 saturated carbocycles. The van der Waals surface area contributed by atoms with Crippen LogP contribution in [0.5, 0.6) is 5.75 Å². The third kappa shape index (κ3) is 4.14. The van der Waals surface area contributed by atoms with Gasteiger partial charge in [-0.3, -0.25) is 4.79 Å². The van der Waals surface area contributed by atoms with Gasteiger partial charge in [0, 0.05) is 17.3 Å². The number of hydrogen-bond donors (Lipinski definition) is 1. The van der Waals surface area contributed by atoms with Crippen molar-refractivity contribution in [3.8, 4) is 22.7 Å². The van der Waals surface area contributed by atoms with Crippen LogP contribution >= 0.6 is 11.8 Å². The summed E-state index contributed by atoms with van der Waals surface area (Å²) in [5.74, 6) is 0.415. The molecule has 0 aliphatic carbocycles. The van der Waals surface area contributed by atoms with Crippen LogP contribution in [0.2, 0.25) is 0 Å². The van der Waals surface area contributed by atoms with Crippen molar-refractivity contribution in [2.45, 2.75) is 0 Å². The summed E-state index contributed by atoms with van der Waals surface area (Å²) in [5, 5.41) is 5.01. The summed E-state index contributed by atoms with van der Waals surface area (Å²) in [4.78, 5) is 16.3. The van der Waals surface area contributed by atoms with Crippen molar-refractivity contribution < 1.29 is 9.53 Å². The van der Waals surface area contributed by atoms with Crippen LogP contribution in [0.3, 0.4) is 0 Å². The van der Waals surface area contributed by atoms with Crippen LogP contribution in [0.25, 0.3) is 23.0 Å². The summed E-state index contributed by atoms with van der Waals surface area (Å²) in [6.45, 7) is 4.10. The first-order chi connectivity index (χ1) is 14.1. The van der Waals surface area contributed by atoms with E-state index in [2.05, 4.69) is 11.6 Å². The topological polar surface area (TPSA) is 82.5 Å². The summed E-state index contributed by atoms with van der Waals surface area (Å²) in [6.07, 6.45) is 5.37. The molecule has 2 N–H and O–H groups in total. The standard InChI is InChI=1S/C22H18N4O2S/c1-2-12-28-18-10-8-15(9-11-18)20-16(13-19-21(27)24-22(23)29-19)14-26(25-20)17-6-4-3-5-7-17/h2-11,13-14H,1,12H2,(H2,23,24,27)/b19-13-. The number of ether oxygens (including phenoxy) is 1. The van der Waals surface area contributed by atoms with Crippen molar-refractivity contribution in [3.05, 3.63) is 83.9 Å². The summed E-state index contributed by atoms with van der Waals surface area (Å²) in [6, 6.07) is 17.4. The van der Waals surface area contributed by atoms with Crippen molar-refractivity contribution in [2.24, 2.45) is 10.7 Å². The Kier molecular flexibility index (Phi) is 5.31. The van der Waals surface area contributed by atoms with Crippen molar-refractivity contribution in [3.63, 3.8) is 0 Å². The molecule has 29 heavy (non-hydrogen) atoms. The van der Waals surface area contributed by atoms with Gasteiger partial charge in [-0.1, -0.05) is 30.9 Å². The average molecular weight is 402 g/mol. The van der Waals surface area contributed by atoms with E-state index in [0.29, 0.717) is 11.5 Å². The van der Waals surface area contributed by atoms with Gasteiger partial charge in [0.1, 0.15) is 12.4 Å². The number of rotatable bonds is 6. The van der Waals surface area contributed by atoms with Gasteiger partial charge in [-0.2, -0.15) is 10.1 Å². The molecule has 1 aliphatic rings. The number of amides is 1. The monoisotopic (exact) mass is 402 g/mol. The molecule has 0 fully saturated rings. The van der Waals surface area contributed by atoms with E-state index < -0.39 is 0 Å². The Labute approximate surface area is 172 Å². The number of benzene rings is 2. The van der Waals surface area contributed by atoms with Gasteiger partial charge < -0.3 is 10.5 Å². The molecule has 2 heterocycles. The molecular formula is C22H18N4O2S. The molecular weight excluding hydrogens is 384 g/mol. The van der Waals surface area contributed by atoms with E-state index in [-0.39, 0.29) is 11.1 Å². The number of aliphatic imine (C=N–C) groups is 1. The Morgan fingerprint density at radius 2 is 1.90 bits per heavy atom. The average Bonchev–Trinajstić information content (AvgIpc) is 3.30. The van der Waals surface area contributed by atoms with E-state index >= 15 is 0 Å². The Morgan fingerprint density at radius 3 is 2.55 bits per heavy atom. The predicted molar refractivity (Wildman–Crippen MR) is 117 cm³/mol. The number of carbonyl (C=O) groups is 1. The number of para-hydroxylation sites is 1. The molecule has 0 bridgehead atoms. The van der Waals surface area contributed by atoms with Gasteiger partial charge in [0.05, 0.1) is 16.3 Å². The lowest BCUT2D eigenvalue weighted by Gasteiger charge is -2.05. The second kappa shape index (κ2) is 8.20. The highest BCUT2D eigenvalue weighted by molar-refractivity contribution is 8.18. The molecule has 1 aliphatic heterocycles. The number of thioether (sulfide) groups is 1. The molecule has 0 spiro atoms. The normalized spacial score (nSPS) is 14.8. The molecule has 2 aromatic carbocycles. The third-order valence-electron chi connectivity index (χ3n) is 4.18. The summed E-state index contributed by atoms with van der Waals surface area (Å²) in [5.41, 5.74) is 9.05. The third-order valence-corrected chi connectivity index (χ3v) is 5.00. The van der Waals surface area contributed by atoms with Gasteiger partial charge in [-0.05, 0) is 54.2 Å². The molecule has 0 unspecified atom stereocenters. The number of nitrogens with two attached hydrogens (primary N) is 1. The first-order valence-corrected chi connectivity index (χ1v) is 9.73. The quantitative estimate of drug-likeness (QED) is 0.497. The maximum absolute atomic E-state index is 12.1. The van der Waals surface area contributed by atoms with Gasteiger partial charge in [0.25, 0.3) is 5.91 Å². The van der Waals surface area contributed by atoms with Gasteiger partial charge in [-0.25, -0.2) is 4.68 Å². The fourth-order valence-electron chi connectivity index (χ4n) is 2.86. The maximum atomic E-state index is 12.1. The van der Waals surface area contributed by atoms with Crippen LogP contribution in [-0.4, -0.2) is 27.5 Å². The van der Waals surface area contributed by atoms with Crippen molar-refractivity contribution >= 4 is 28.9 Å². The molecule has 0 atom stereocenters. The summed E-state index contributed by atoms with van der Waals surface area (Å²) >= 11 is 1.16. The number of nitrogens with zero attached hydrogens (tertiary/aromatic N) is 3. The van der Waals surface area contributed by atoms with E-state index in [1.165, 1.54) is 0 Å². The Hall–Kier alpha value is -3.58. The van der Waals surface area contributed by atoms with E-state index in [4.69, 9.17) is 15.6 Å². The highest BCUT2D eigenvalue weighted by Gasteiger charge is 2.21. The lowest BCUT2D eigenvalue weighted by atomic mass is 10.1. The van der Waals surface area contributed by atoms with Crippen molar-refractivity contribution in [1.29, 1.82) is 0 Å².